The van der Waals surface area contributed by atoms with Crippen LogP contribution in [0.5, 0.6) is 0 Å². The van der Waals surface area contributed by atoms with Crippen LogP contribution in [0, 0.1) is 5.82 Å². The van der Waals surface area contributed by atoms with Crippen molar-refractivity contribution < 1.29 is 9.50 Å². The van der Waals surface area contributed by atoms with Crippen LogP contribution in [0.25, 0.3) is 11.4 Å². The molecule has 3 rings (SSSR count). The molecule has 0 spiro atoms. The SMILES string of the molecule is OC1CCCn2c(-c3cccc(F)c3)nnc21. The second-order valence-corrected chi connectivity index (χ2v) is 4.20. The highest BCUT2D eigenvalue weighted by Crippen LogP contribution is 2.28. The van der Waals surface area contributed by atoms with E-state index in [0.29, 0.717) is 23.6 Å². The van der Waals surface area contributed by atoms with Crippen molar-refractivity contribution in [3.63, 3.8) is 0 Å². The average Bonchev–Trinajstić information content (AvgIpc) is 2.74. The molecule has 1 atom stereocenters. The van der Waals surface area contributed by atoms with Gasteiger partial charge in [-0.05, 0) is 25.0 Å². The van der Waals surface area contributed by atoms with E-state index in [1.165, 1.54) is 12.1 Å². The number of hydrogen-bond acceptors (Lipinski definition) is 3. The van der Waals surface area contributed by atoms with E-state index in [4.69, 9.17) is 0 Å². The summed E-state index contributed by atoms with van der Waals surface area (Å²) in [6.07, 6.45) is 1.04. The molecule has 1 aliphatic heterocycles. The van der Waals surface area contributed by atoms with E-state index in [1.54, 1.807) is 12.1 Å². The van der Waals surface area contributed by atoms with Gasteiger partial charge in [0.1, 0.15) is 11.9 Å². The molecular weight excluding hydrogens is 221 g/mol. The quantitative estimate of drug-likeness (QED) is 0.818. The van der Waals surface area contributed by atoms with Crippen molar-refractivity contribution in [2.75, 3.05) is 0 Å². The number of halogens is 1. The Morgan fingerprint density at radius 1 is 1.35 bits per heavy atom. The van der Waals surface area contributed by atoms with Crippen LogP contribution in [0.4, 0.5) is 4.39 Å². The van der Waals surface area contributed by atoms with E-state index >= 15 is 0 Å². The topological polar surface area (TPSA) is 50.9 Å². The summed E-state index contributed by atoms with van der Waals surface area (Å²) in [6, 6.07) is 6.26. The van der Waals surface area contributed by atoms with Gasteiger partial charge in [0.2, 0.25) is 0 Å². The predicted octanol–water partition coefficient (Wildman–Crippen LogP) is 1.91. The minimum atomic E-state index is -0.557. The largest absolute Gasteiger partial charge is 0.385 e. The minimum Gasteiger partial charge on any atom is -0.385 e. The lowest BCUT2D eigenvalue weighted by atomic mass is 10.1. The average molecular weight is 233 g/mol. The molecule has 0 saturated carbocycles. The van der Waals surface area contributed by atoms with Gasteiger partial charge < -0.3 is 9.67 Å². The fourth-order valence-corrected chi connectivity index (χ4v) is 2.20. The number of aliphatic hydroxyl groups excluding tert-OH is 1. The van der Waals surface area contributed by atoms with Crippen molar-refractivity contribution in [3.8, 4) is 11.4 Å². The third-order valence-corrected chi connectivity index (χ3v) is 3.02. The van der Waals surface area contributed by atoms with Crippen LogP contribution >= 0.6 is 0 Å². The Bertz CT molecular complexity index is 552. The van der Waals surface area contributed by atoms with Crippen LogP contribution in [-0.4, -0.2) is 19.9 Å². The molecule has 1 aromatic carbocycles. The monoisotopic (exact) mass is 233 g/mol. The first-order valence-electron chi connectivity index (χ1n) is 5.63. The summed E-state index contributed by atoms with van der Waals surface area (Å²) in [5.74, 6) is 0.907. The zero-order valence-electron chi connectivity index (χ0n) is 9.17. The number of fused-ring (bicyclic) bond motifs is 1. The minimum absolute atomic E-state index is 0.295. The van der Waals surface area contributed by atoms with Crippen LogP contribution in [-0.2, 0) is 6.54 Å². The van der Waals surface area contributed by atoms with E-state index in [9.17, 15) is 9.50 Å². The van der Waals surface area contributed by atoms with Gasteiger partial charge in [-0.1, -0.05) is 12.1 Å². The molecule has 1 N–H and O–H groups in total. The molecule has 1 aromatic heterocycles. The van der Waals surface area contributed by atoms with Gasteiger partial charge in [0.05, 0.1) is 0 Å². The van der Waals surface area contributed by atoms with E-state index in [-0.39, 0.29) is 5.82 Å². The summed E-state index contributed by atoms with van der Waals surface area (Å²) in [5, 5.41) is 17.8. The van der Waals surface area contributed by atoms with Gasteiger partial charge in [-0.3, -0.25) is 0 Å². The molecule has 4 nitrogen and oxygen atoms in total. The lowest BCUT2D eigenvalue weighted by Crippen LogP contribution is -2.16. The number of hydrogen-bond donors (Lipinski definition) is 1. The second kappa shape index (κ2) is 3.92. The van der Waals surface area contributed by atoms with E-state index in [2.05, 4.69) is 10.2 Å². The van der Waals surface area contributed by atoms with E-state index < -0.39 is 6.10 Å². The number of rotatable bonds is 1. The Hall–Kier alpha value is -1.75. The zero-order valence-corrected chi connectivity index (χ0v) is 9.17. The summed E-state index contributed by atoms with van der Waals surface area (Å²) in [6.45, 7) is 0.769. The molecule has 1 aliphatic rings. The molecule has 0 saturated heterocycles. The van der Waals surface area contributed by atoms with E-state index in [1.807, 2.05) is 4.57 Å². The molecule has 0 amide bonds. The standard InChI is InChI=1S/C12H12FN3O/c13-9-4-1-3-8(7-9)11-14-15-12-10(17)5-2-6-16(11)12/h1,3-4,7,10,17H,2,5-6H2. The Balaban J connectivity index is 2.10. The lowest BCUT2D eigenvalue weighted by molar-refractivity contribution is 0.134. The second-order valence-electron chi connectivity index (χ2n) is 4.20. The van der Waals surface area contributed by atoms with Gasteiger partial charge >= 0.3 is 0 Å². The Morgan fingerprint density at radius 3 is 3.06 bits per heavy atom. The molecule has 0 aliphatic carbocycles. The molecule has 2 aromatic rings. The summed E-state index contributed by atoms with van der Waals surface area (Å²) in [7, 11) is 0. The molecular formula is C12H12FN3O. The normalized spacial score (nSPS) is 19.1. The first-order valence-corrected chi connectivity index (χ1v) is 5.63. The highest BCUT2D eigenvalue weighted by molar-refractivity contribution is 5.55. The van der Waals surface area contributed by atoms with Gasteiger partial charge in [0.25, 0.3) is 0 Å². The van der Waals surface area contributed by atoms with Crippen molar-refractivity contribution in [2.24, 2.45) is 0 Å². The fourth-order valence-electron chi connectivity index (χ4n) is 2.20. The van der Waals surface area contributed by atoms with Gasteiger partial charge in [0, 0.05) is 12.1 Å². The Kier molecular flexibility index (Phi) is 2.40. The first-order chi connectivity index (χ1) is 8.25. The smallest absolute Gasteiger partial charge is 0.164 e. The third kappa shape index (κ3) is 1.72. The number of benzene rings is 1. The zero-order chi connectivity index (χ0) is 11.8. The molecule has 5 heteroatoms. The number of aromatic nitrogens is 3. The van der Waals surface area contributed by atoms with Crippen LogP contribution in [0.1, 0.15) is 24.8 Å². The predicted molar refractivity (Wildman–Crippen MR) is 59.6 cm³/mol. The molecule has 0 bridgehead atoms. The van der Waals surface area contributed by atoms with Crippen LogP contribution in [0.3, 0.4) is 0 Å². The van der Waals surface area contributed by atoms with E-state index in [0.717, 1.165) is 13.0 Å². The maximum absolute atomic E-state index is 13.2. The van der Waals surface area contributed by atoms with Crippen molar-refractivity contribution in [1.29, 1.82) is 0 Å². The van der Waals surface area contributed by atoms with Crippen LogP contribution < -0.4 is 0 Å². The summed E-state index contributed by atoms with van der Waals surface area (Å²) in [5.41, 5.74) is 0.692. The van der Waals surface area contributed by atoms with Crippen molar-refractivity contribution in [1.82, 2.24) is 14.8 Å². The summed E-state index contributed by atoms with van der Waals surface area (Å²) in [4.78, 5) is 0. The summed E-state index contributed by atoms with van der Waals surface area (Å²) < 4.78 is 15.0. The Labute approximate surface area is 97.7 Å². The molecule has 17 heavy (non-hydrogen) atoms. The van der Waals surface area contributed by atoms with Crippen molar-refractivity contribution >= 4 is 0 Å². The van der Waals surface area contributed by atoms with Crippen LogP contribution in [0.15, 0.2) is 24.3 Å². The summed E-state index contributed by atoms with van der Waals surface area (Å²) >= 11 is 0. The molecule has 1 unspecified atom stereocenters. The fraction of sp³-hybridized carbons (Fsp3) is 0.333. The van der Waals surface area contributed by atoms with Gasteiger partial charge in [-0.15, -0.1) is 10.2 Å². The maximum atomic E-state index is 13.2. The molecule has 88 valence electrons. The van der Waals surface area contributed by atoms with Crippen LogP contribution in [0.2, 0.25) is 0 Å². The highest BCUT2D eigenvalue weighted by atomic mass is 19.1. The third-order valence-electron chi connectivity index (χ3n) is 3.02. The lowest BCUT2D eigenvalue weighted by Gasteiger charge is -2.19. The molecule has 0 fully saturated rings. The van der Waals surface area contributed by atoms with Gasteiger partial charge in [0.15, 0.2) is 11.6 Å². The highest BCUT2D eigenvalue weighted by Gasteiger charge is 2.23. The first kappa shape index (κ1) is 10.4. The Morgan fingerprint density at radius 2 is 2.24 bits per heavy atom. The molecule has 2 heterocycles. The van der Waals surface area contributed by atoms with Gasteiger partial charge in [-0.25, -0.2) is 4.39 Å². The maximum Gasteiger partial charge on any atom is 0.164 e. The number of aliphatic hydroxyl groups is 1. The number of nitrogens with zero attached hydrogens (tertiary/aromatic N) is 3. The van der Waals surface area contributed by atoms with Crippen molar-refractivity contribution in [3.05, 3.63) is 35.9 Å². The van der Waals surface area contributed by atoms with Crippen molar-refractivity contribution in [2.45, 2.75) is 25.5 Å². The van der Waals surface area contributed by atoms with Gasteiger partial charge in [-0.2, -0.15) is 0 Å². The molecule has 0 radical (unpaired) electrons.